The topological polar surface area (TPSA) is 64.9 Å². The van der Waals surface area contributed by atoms with Gasteiger partial charge in [-0.3, -0.25) is 4.68 Å². The largest absolute Gasteiger partial charge is 0.435 e. The first-order valence-corrected chi connectivity index (χ1v) is 6.77. The third-order valence-corrected chi connectivity index (χ3v) is 2.67. The molecule has 1 N–H and O–H groups in total. The Kier molecular flexibility index (Phi) is 4.03. The Morgan fingerprint density at radius 2 is 2.28 bits per heavy atom. The summed E-state index contributed by atoms with van der Waals surface area (Å²) < 4.78 is 7.32. The fourth-order valence-corrected chi connectivity index (χ4v) is 1.76. The summed E-state index contributed by atoms with van der Waals surface area (Å²) in [5, 5.41) is 7.86. The highest BCUT2D eigenvalue weighted by molar-refractivity contribution is 7.98. The van der Waals surface area contributed by atoms with Gasteiger partial charge >= 0.3 is 0 Å². The predicted octanol–water partition coefficient (Wildman–Crippen LogP) is 2.16. The Balaban J connectivity index is 2.23. The van der Waals surface area contributed by atoms with E-state index in [0.717, 1.165) is 12.4 Å². The highest BCUT2D eigenvalue weighted by atomic mass is 32.2. The summed E-state index contributed by atoms with van der Waals surface area (Å²) in [5.41, 5.74) is 0. The monoisotopic (exact) mass is 265 g/mol. The normalized spacial score (nSPS) is 10.4. The molecule has 0 aliphatic carbocycles. The average molecular weight is 265 g/mol. The first kappa shape index (κ1) is 12.7. The summed E-state index contributed by atoms with van der Waals surface area (Å²) in [5.74, 6) is 1.93. The molecule has 2 rings (SSSR count). The first-order chi connectivity index (χ1) is 8.71. The summed E-state index contributed by atoms with van der Waals surface area (Å²) >= 11 is 1.48. The third kappa shape index (κ3) is 3.13. The van der Waals surface area contributed by atoms with Gasteiger partial charge in [0.2, 0.25) is 5.88 Å². The summed E-state index contributed by atoms with van der Waals surface area (Å²) in [6.45, 7) is 2.82. The Morgan fingerprint density at radius 1 is 1.44 bits per heavy atom. The van der Waals surface area contributed by atoms with Gasteiger partial charge in [0, 0.05) is 19.7 Å². The zero-order valence-electron chi connectivity index (χ0n) is 10.5. The van der Waals surface area contributed by atoms with Crippen LogP contribution in [0.1, 0.15) is 6.92 Å². The Morgan fingerprint density at radius 3 is 2.89 bits per heavy atom. The van der Waals surface area contributed by atoms with E-state index in [1.165, 1.54) is 11.8 Å². The second-order valence-electron chi connectivity index (χ2n) is 3.56. The van der Waals surface area contributed by atoms with Gasteiger partial charge in [0.1, 0.15) is 5.82 Å². The smallest absolute Gasteiger partial charge is 0.225 e. The van der Waals surface area contributed by atoms with Crippen LogP contribution in [0.25, 0.3) is 0 Å². The molecule has 0 unspecified atom stereocenters. The van der Waals surface area contributed by atoms with E-state index in [0.29, 0.717) is 16.8 Å². The van der Waals surface area contributed by atoms with Crippen molar-refractivity contribution in [2.75, 3.05) is 18.1 Å². The van der Waals surface area contributed by atoms with E-state index in [9.17, 15) is 0 Å². The van der Waals surface area contributed by atoms with Crippen LogP contribution >= 0.6 is 11.8 Å². The lowest BCUT2D eigenvalue weighted by atomic mass is 10.5. The summed E-state index contributed by atoms with van der Waals surface area (Å²) in [6.07, 6.45) is 5.36. The second-order valence-corrected chi connectivity index (χ2v) is 4.33. The lowest BCUT2D eigenvalue weighted by molar-refractivity contribution is 0.455. The number of aromatic nitrogens is 4. The van der Waals surface area contributed by atoms with E-state index in [2.05, 4.69) is 20.4 Å². The lowest BCUT2D eigenvalue weighted by Gasteiger charge is -2.07. The van der Waals surface area contributed by atoms with Crippen LogP contribution in [0.5, 0.6) is 11.6 Å². The number of aryl methyl sites for hydroxylation is 1. The molecule has 2 aromatic heterocycles. The van der Waals surface area contributed by atoms with Gasteiger partial charge in [-0.2, -0.15) is 10.1 Å². The molecule has 0 aliphatic heterocycles. The molecule has 2 heterocycles. The van der Waals surface area contributed by atoms with Crippen molar-refractivity contribution in [3.63, 3.8) is 0 Å². The molecule has 0 saturated carbocycles. The number of thioether (sulfide) groups is 1. The van der Waals surface area contributed by atoms with Crippen LogP contribution in [0.3, 0.4) is 0 Å². The second kappa shape index (κ2) is 5.72. The van der Waals surface area contributed by atoms with Crippen LogP contribution in [0.15, 0.2) is 23.6 Å². The molecule has 0 radical (unpaired) electrons. The maximum Gasteiger partial charge on any atom is 0.225 e. The van der Waals surface area contributed by atoms with Gasteiger partial charge in [0.15, 0.2) is 10.9 Å². The van der Waals surface area contributed by atoms with E-state index < -0.39 is 0 Å². The Labute approximate surface area is 110 Å². The third-order valence-electron chi connectivity index (χ3n) is 2.13. The van der Waals surface area contributed by atoms with Gasteiger partial charge in [-0.05, 0) is 13.2 Å². The molecule has 96 valence electrons. The minimum absolute atomic E-state index is 0.512. The quantitative estimate of drug-likeness (QED) is 0.660. The van der Waals surface area contributed by atoms with E-state index in [-0.39, 0.29) is 0 Å². The van der Waals surface area contributed by atoms with Crippen molar-refractivity contribution < 1.29 is 4.74 Å². The van der Waals surface area contributed by atoms with E-state index >= 15 is 0 Å². The SMILES string of the molecule is CCNc1cc(Oc2cnn(C)c2)nc(SC)n1. The fourth-order valence-electron chi connectivity index (χ4n) is 1.39. The van der Waals surface area contributed by atoms with Crippen molar-refractivity contribution >= 4 is 17.6 Å². The van der Waals surface area contributed by atoms with Crippen molar-refractivity contribution in [1.29, 1.82) is 0 Å². The highest BCUT2D eigenvalue weighted by Gasteiger charge is 2.06. The molecule has 0 atom stereocenters. The molecule has 6 nitrogen and oxygen atoms in total. The van der Waals surface area contributed by atoms with Gasteiger partial charge in [-0.1, -0.05) is 11.8 Å². The molecule has 0 bridgehead atoms. The van der Waals surface area contributed by atoms with Crippen LogP contribution in [-0.4, -0.2) is 32.5 Å². The summed E-state index contributed by atoms with van der Waals surface area (Å²) in [7, 11) is 1.84. The van der Waals surface area contributed by atoms with Crippen LogP contribution in [0, 0.1) is 0 Å². The molecule has 0 aromatic carbocycles. The molecule has 7 heteroatoms. The Hall–Kier alpha value is -1.76. The van der Waals surface area contributed by atoms with Crippen LogP contribution in [-0.2, 0) is 7.05 Å². The van der Waals surface area contributed by atoms with Gasteiger partial charge < -0.3 is 10.1 Å². The summed E-state index contributed by atoms with van der Waals surface area (Å²) in [6, 6.07) is 1.77. The minimum Gasteiger partial charge on any atom is -0.435 e. The highest BCUT2D eigenvalue weighted by Crippen LogP contribution is 2.23. The number of nitrogens with zero attached hydrogens (tertiary/aromatic N) is 4. The molecule has 0 fully saturated rings. The van der Waals surface area contributed by atoms with Crippen molar-refractivity contribution in [3.05, 3.63) is 18.5 Å². The predicted molar refractivity (Wildman–Crippen MR) is 71.3 cm³/mol. The van der Waals surface area contributed by atoms with Crippen molar-refractivity contribution in [3.8, 4) is 11.6 Å². The standard InChI is InChI=1S/C11H15N5OS/c1-4-12-9-5-10(15-11(14-9)18-3)17-8-6-13-16(2)7-8/h5-7H,4H2,1-3H3,(H,12,14,15). The van der Waals surface area contributed by atoms with Gasteiger partial charge in [-0.25, -0.2) is 4.98 Å². The van der Waals surface area contributed by atoms with Crippen molar-refractivity contribution in [2.45, 2.75) is 12.1 Å². The average Bonchev–Trinajstić information content (AvgIpc) is 2.75. The van der Waals surface area contributed by atoms with E-state index in [4.69, 9.17) is 4.74 Å². The van der Waals surface area contributed by atoms with E-state index in [1.807, 2.05) is 20.2 Å². The fraction of sp³-hybridized carbons (Fsp3) is 0.364. The van der Waals surface area contributed by atoms with Gasteiger partial charge in [0.25, 0.3) is 0 Å². The zero-order chi connectivity index (χ0) is 13.0. The molecule has 0 aliphatic rings. The number of hydrogen-bond donors (Lipinski definition) is 1. The number of hydrogen-bond acceptors (Lipinski definition) is 6. The van der Waals surface area contributed by atoms with Crippen LogP contribution in [0.4, 0.5) is 5.82 Å². The number of rotatable bonds is 5. The van der Waals surface area contributed by atoms with Crippen molar-refractivity contribution in [1.82, 2.24) is 19.7 Å². The molecule has 0 amide bonds. The maximum absolute atomic E-state index is 5.64. The Bertz CT molecular complexity index is 528. The minimum atomic E-state index is 0.512. The maximum atomic E-state index is 5.64. The molecule has 0 saturated heterocycles. The van der Waals surface area contributed by atoms with Crippen LogP contribution < -0.4 is 10.1 Å². The number of nitrogens with one attached hydrogen (secondary N) is 1. The number of anilines is 1. The lowest BCUT2D eigenvalue weighted by Crippen LogP contribution is -2.02. The van der Waals surface area contributed by atoms with Crippen molar-refractivity contribution in [2.24, 2.45) is 7.05 Å². The van der Waals surface area contributed by atoms with E-state index in [1.54, 1.807) is 23.1 Å². The molecular formula is C11H15N5OS. The summed E-state index contributed by atoms with van der Waals surface area (Å²) in [4.78, 5) is 8.62. The molecule has 0 spiro atoms. The first-order valence-electron chi connectivity index (χ1n) is 5.54. The number of ether oxygens (including phenoxy) is 1. The molecule has 18 heavy (non-hydrogen) atoms. The molecule has 2 aromatic rings. The molecular weight excluding hydrogens is 250 g/mol. The van der Waals surface area contributed by atoms with Crippen LogP contribution in [0.2, 0.25) is 0 Å². The van der Waals surface area contributed by atoms with Gasteiger partial charge in [-0.15, -0.1) is 0 Å². The van der Waals surface area contributed by atoms with Gasteiger partial charge in [0.05, 0.1) is 12.4 Å². The zero-order valence-corrected chi connectivity index (χ0v) is 11.4.